The molecule has 1 aromatic heterocycles. The maximum Gasteiger partial charge on any atom is 0.233 e. The van der Waals surface area contributed by atoms with Gasteiger partial charge in [-0.05, 0) is 70.6 Å². The molecule has 146 valence electrons. The number of hydrogen-bond donors (Lipinski definition) is 0. The van der Waals surface area contributed by atoms with Crippen molar-refractivity contribution in [2.24, 2.45) is 0 Å². The largest absolute Gasteiger partial charge is 0.441 e. The Morgan fingerprint density at radius 1 is 1.22 bits per heavy atom. The minimum Gasteiger partial charge on any atom is -0.441 e. The van der Waals surface area contributed by atoms with E-state index in [-0.39, 0.29) is 5.91 Å². The zero-order valence-electron chi connectivity index (χ0n) is 16.5. The number of nitrogens with zero attached hydrogens (tertiary/aromatic N) is 2. The van der Waals surface area contributed by atoms with Crippen molar-refractivity contribution in [2.75, 3.05) is 12.0 Å². The first-order valence-electron chi connectivity index (χ1n) is 9.49. The van der Waals surface area contributed by atoms with Crippen molar-refractivity contribution in [3.8, 4) is 11.5 Å². The van der Waals surface area contributed by atoms with Gasteiger partial charge in [0, 0.05) is 28.3 Å². The Hall–Kier alpha value is -1.40. The fourth-order valence-corrected chi connectivity index (χ4v) is 4.94. The number of aryl methyl sites for hydroxylation is 1. The zero-order chi connectivity index (χ0) is 19.4. The molecular weight excluding hydrogens is 376 g/mol. The molecule has 27 heavy (non-hydrogen) atoms. The van der Waals surface area contributed by atoms with Crippen LogP contribution in [0.25, 0.3) is 11.5 Å². The van der Waals surface area contributed by atoms with E-state index in [9.17, 15) is 4.79 Å². The number of oxazole rings is 1. The molecule has 0 aliphatic carbocycles. The molecule has 2 heterocycles. The summed E-state index contributed by atoms with van der Waals surface area (Å²) in [7, 11) is 0. The highest BCUT2D eigenvalue weighted by Gasteiger charge is 2.28. The van der Waals surface area contributed by atoms with Gasteiger partial charge in [0.2, 0.25) is 11.8 Å². The third-order valence-corrected chi connectivity index (χ3v) is 6.85. The van der Waals surface area contributed by atoms with Crippen molar-refractivity contribution >= 4 is 29.4 Å². The van der Waals surface area contributed by atoms with Crippen LogP contribution in [-0.2, 0) is 10.5 Å². The molecule has 6 heteroatoms. The summed E-state index contributed by atoms with van der Waals surface area (Å²) < 4.78 is 5.86. The topological polar surface area (TPSA) is 46.3 Å². The Morgan fingerprint density at radius 2 is 1.89 bits per heavy atom. The number of likely N-dealkylation sites (tertiary alicyclic amines) is 1. The number of benzene rings is 1. The molecule has 2 aromatic rings. The van der Waals surface area contributed by atoms with E-state index in [0.29, 0.717) is 29.5 Å². The van der Waals surface area contributed by atoms with Gasteiger partial charge in [-0.3, -0.25) is 4.79 Å². The molecule has 1 aliphatic rings. The van der Waals surface area contributed by atoms with Gasteiger partial charge in [0.05, 0.1) is 11.4 Å². The molecule has 0 spiro atoms. The molecule has 1 aliphatic heterocycles. The van der Waals surface area contributed by atoms with Crippen LogP contribution in [0.15, 0.2) is 33.6 Å². The van der Waals surface area contributed by atoms with Gasteiger partial charge in [-0.15, -0.1) is 23.5 Å². The Kier molecular flexibility index (Phi) is 6.93. The highest BCUT2D eigenvalue weighted by atomic mass is 32.2. The number of carbonyl (C=O) groups excluding carboxylic acids is 1. The molecule has 0 radical (unpaired) electrons. The van der Waals surface area contributed by atoms with E-state index in [4.69, 9.17) is 4.42 Å². The first-order chi connectivity index (χ1) is 13.0. The van der Waals surface area contributed by atoms with Crippen LogP contribution >= 0.6 is 23.5 Å². The SMILES string of the molecule is CSc1ccc(-c2nc(CSCC(=O)N3[C@H](C)CCC[C@H]3C)c(C)o2)cc1. The van der Waals surface area contributed by atoms with Gasteiger partial charge in [0.15, 0.2) is 0 Å². The van der Waals surface area contributed by atoms with Crippen molar-refractivity contribution in [1.29, 1.82) is 0 Å². The lowest BCUT2D eigenvalue weighted by atomic mass is 9.98. The number of amides is 1. The van der Waals surface area contributed by atoms with Crippen LogP contribution in [0.4, 0.5) is 0 Å². The Morgan fingerprint density at radius 3 is 2.52 bits per heavy atom. The van der Waals surface area contributed by atoms with Crippen molar-refractivity contribution in [1.82, 2.24) is 9.88 Å². The second kappa shape index (κ2) is 9.20. The molecule has 1 saturated heterocycles. The third kappa shape index (κ3) is 4.91. The van der Waals surface area contributed by atoms with Gasteiger partial charge < -0.3 is 9.32 Å². The lowest BCUT2D eigenvalue weighted by Gasteiger charge is -2.39. The summed E-state index contributed by atoms with van der Waals surface area (Å²) in [5.41, 5.74) is 1.91. The summed E-state index contributed by atoms with van der Waals surface area (Å²) in [6, 6.07) is 8.94. The molecular formula is C21H28N2O2S2. The number of hydrogen-bond acceptors (Lipinski definition) is 5. The van der Waals surface area contributed by atoms with E-state index in [1.807, 2.05) is 19.1 Å². The predicted molar refractivity (Wildman–Crippen MR) is 114 cm³/mol. The lowest BCUT2D eigenvalue weighted by molar-refractivity contribution is -0.134. The van der Waals surface area contributed by atoms with Gasteiger partial charge in [-0.25, -0.2) is 4.98 Å². The summed E-state index contributed by atoms with van der Waals surface area (Å²) >= 11 is 3.34. The first-order valence-corrected chi connectivity index (χ1v) is 11.9. The van der Waals surface area contributed by atoms with E-state index in [1.54, 1.807) is 23.5 Å². The predicted octanol–water partition coefficient (Wildman–Crippen LogP) is 5.39. The second-order valence-corrected chi connectivity index (χ2v) is 9.04. The normalized spacial score (nSPS) is 20.1. The quantitative estimate of drug-likeness (QED) is 0.604. The second-order valence-electron chi connectivity index (χ2n) is 7.17. The molecule has 0 saturated carbocycles. The number of carbonyl (C=O) groups is 1. The van der Waals surface area contributed by atoms with Crippen LogP contribution in [0.3, 0.4) is 0 Å². The van der Waals surface area contributed by atoms with Gasteiger partial charge >= 0.3 is 0 Å². The maximum atomic E-state index is 12.6. The average Bonchev–Trinajstić information content (AvgIpc) is 3.02. The van der Waals surface area contributed by atoms with E-state index in [0.717, 1.165) is 29.9 Å². The summed E-state index contributed by atoms with van der Waals surface area (Å²) in [6.45, 7) is 6.27. The van der Waals surface area contributed by atoms with Crippen molar-refractivity contribution in [3.63, 3.8) is 0 Å². The van der Waals surface area contributed by atoms with Crippen molar-refractivity contribution in [3.05, 3.63) is 35.7 Å². The standard InChI is InChI=1S/C21H28N2O2S2/c1-14-6-5-7-15(2)23(14)20(24)13-27-12-19-16(3)25-21(22-19)17-8-10-18(26-4)11-9-17/h8-11,14-15H,5-7,12-13H2,1-4H3/t14-,15-/m1/s1. The van der Waals surface area contributed by atoms with Crippen LogP contribution < -0.4 is 0 Å². The Bertz CT molecular complexity index is 763. The molecule has 1 amide bonds. The fourth-order valence-electron chi connectivity index (χ4n) is 3.64. The number of piperidine rings is 1. The lowest BCUT2D eigenvalue weighted by Crippen LogP contribution is -2.48. The maximum absolute atomic E-state index is 12.6. The Labute approximate surface area is 170 Å². The van der Waals surface area contributed by atoms with Gasteiger partial charge in [0.25, 0.3) is 0 Å². The smallest absolute Gasteiger partial charge is 0.233 e. The highest BCUT2D eigenvalue weighted by Crippen LogP contribution is 2.27. The molecule has 2 atom stereocenters. The van der Waals surface area contributed by atoms with Crippen molar-refractivity contribution in [2.45, 2.75) is 62.8 Å². The molecule has 3 rings (SSSR count). The van der Waals surface area contributed by atoms with Gasteiger partial charge in [0.1, 0.15) is 5.76 Å². The first kappa shape index (κ1) is 20.3. The van der Waals surface area contributed by atoms with Gasteiger partial charge in [-0.2, -0.15) is 0 Å². The summed E-state index contributed by atoms with van der Waals surface area (Å²) in [5.74, 6) is 2.92. The summed E-state index contributed by atoms with van der Waals surface area (Å²) in [6.07, 6.45) is 5.51. The Balaban J connectivity index is 1.58. The monoisotopic (exact) mass is 404 g/mol. The average molecular weight is 405 g/mol. The molecule has 4 nitrogen and oxygen atoms in total. The van der Waals surface area contributed by atoms with Crippen molar-refractivity contribution < 1.29 is 9.21 Å². The zero-order valence-corrected chi connectivity index (χ0v) is 18.2. The molecule has 0 bridgehead atoms. The highest BCUT2D eigenvalue weighted by molar-refractivity contribution is 7.99. The molecule has 1 aromatic carbocycles. The van der Waals surface area contributed by atoms with E-state index in [2.05, 4.69) is 42.1 Å². The van der Waals surface area contributed by atoms with Crippen LogP contribution in [0.1, 0.15) is 44.6 Å². The van der Waals surface area contributed by atoms with Crippen LogP contribution in [-0.4, -0.2) is 39.9 Å². The van der Waals surface area contributed by atoms with E-state index >= 15 is 0 Å². The molecule has 0 unspecified atom stereocenters. The number of aromatic nitrogens is 1. The third-order valence-electron chi connectivity index (χ3n) is 5.18. The molecule has 1 fully saturated rings. The molecule has 0 N–H and O–H groups in total. The minimum atomic E-state index is 0.244. The number of thioether (sulfide) groups is 2. The van der Waals surface area contributed by atoms with E-state index < -0.39 is 0 Å². The number of rotatable bonds is 6. The van der Waals surface area contributed by atoms with Crippen LogP contribution in [0, 0.1) is 6.92 Å². The van der Waals surface area contributed by atoms with Gasteiger partial charge in [-0.1, -0.05) is 0 Å². The van der Waals surface area contributed by atoms with Crippen LogP contribution in [0.2, 0.25) is 0 Å². The van der Waals surface area contributed by atoms with E-state index in [1.165, 1.54) is 11.3 Å². The summed E-state index contributed by atoms with van der Waals surface area (Å²) in [5, 5.41) is 0. The fraction of sp³-hybridized carbons (Fsp3) is 0.524. The van der Waals surface area contributed by atoms with Crippen LogP contribution in [0.5, 0.6) is 0 Å². The minimum absolute atomic E-state index is 0.244. The summed E-state index contributed by atoms with van der Waals surface area (Å²) in [4.78, 5) is 20.6.